The number of aromatic nitrogens is 1. The van der Waals surface area contributed by atoms with Gasteiger partial charge in [-0.05, 0) is 44.7 Å². The molecule has 1 atom stereocenters. The molecule has 1 amide bonds. The fourth-order valence-electron chi connectivity index (χ4n) is 4.03. The molecule has 1 spiro atoms. The van der Waals surface area contributed by atoms with E-state index >= 15 is 0 Å². The van der Waals surface area contributed by atoms with E-state index in [-0.39, 0.29) is 5.91 Å². The fraction of sp³-hybridized carbons (Fsp3) is 0.556. The number of furan rings is 1. The predicted octanol–water partition coefficient (Wildman–Crippen LogP) is 3.17. The molecule has 1 saturated carbocycles. The highest BCUT2D eigenvalue weighted by Crippen LogP contribution is 2.56. The summed E-state index contributed by atoms with van der Waals surface area (Å²) in [6, 6.07) is 2.48. The van der Waals surface area contributed by atoms with Crippen LogP contribution in [0.25, 0.3) is 0 Å². The van der Waals surface area contributed by atoms with Gasteiger partial charge in [0.1, 0.15) is 5.01 Å². The summed E-state index contributed by atoms with van der Waals surface area (Å²) in [7, 11) is 2.20. The van der Waals surface area contributed by atoms with Gasteiger partial charge in [0.15, 0.2) is 5.76 Å². The van der Waals surface area contributed by atoms with Crippen LogP contribution in [0.1, 0.15) is 40.4 Å². The highest BCUT2D eigenvalue weighted by molar-refractivity contribution is 7.09. The summed E-state index contributed by atoms with van der Waals surface area (Å²) in [6.45, 7) is 4.52. The molecule has 2 fully saturated rings. The maximum absolute atomic E-state index is 12.6. The van der Waals surface area contributed by atoms with Crippen molar-refractivity contribution in [2.75, 3.05) is 20.1 Å². The zero-order valence-corrected chi connectivity index (χ0v) is 15.0. The number of amides is 1. The van der Waals surface area contributed by atoms with Gasteiger partial charge in [0.25, 0.3) is 5.91 Å². The molecule has 6 heteroatoms. The largest absolute Gasteiger partial charge is 0.459 e. The lowest BCUT2D eigenvalue weighted by atomic mass is 9.92. The standard InChI is InChI=1S/C18H23N3O2S/c1-13-3-9-23-16(13)17(22)21-7-4-18(5-8-21)11-14(18)20(2)12-15-19-6-10-24-15/h3,6,9-10,14H,4-5,7-8,11-12H2,1-2H3/t14-/m0/s1. The van der Waals surface area contributed by atoms with Gasteiger partial charge in [-0.3, -0.25) is 9.69 Å². The molecule has 1 aliphatic carbocycles. The van der Waals surface area contributed by atoms with E-state index in [0.29, 0.717) is 17.2 Å². The summed E-state index contributed by atoms with van der Waals surface area (Å²) in [5.74, 6) is 0.542. The molecular weight excluding hydrogens is 322 g/mol. The van der Waals surface area contributed by atoms with Gasteiger partial charge in [-0.1, -0.05) is 0 Å². The van der Waals surface area contributed by atoms with E-state index in [1.807, 2.05) is 29.5 Å². The van der Waals surface area contributed by atoms with Crippen LogP contribution in [0, 0.1) is 12.3 Å². The number of aryl methyl sites for hydroxylation is 1. The third kappa shape index (κ3) is 2.78. The molecule has 2 aromatic heterocycles. The van der Waals surface area contributed by atoms with Crippen molar-refractivity contribution in [3.8, 4) is 0 Å². The van der Waals surface area contributed by atoms with Crippen LogP contribution in [0.4, 0.5) is 0 Å². The molecule has 4 rings (SSSR count). The van der Waals surface area contributed by atoms with Crippen LogP contribution in [-0.2, 0) is 6.54 Å². The first-order valence-corrected chi connectivity index (χ1v) is 9.39. The Labute approximate surface area is 146 Å². The number of carbonyl (C=O) groups excluding carboxylic acids is 1. The monoisotopic (exact) mass is 345 g/mol. The molecule has 0 N–H and O–H groups in total. The zero-order chi connectivity index (χ0) is 16.7. The summed E-state index contributed by atoms with van der Waals surface area (Å²) in [6.07, 6.45) is 6.89. The Kier molecular flexibility index (Phi) is 3.96. The maximum atomic E-state index is 12.6. The lowest BCUT2D eigenvalue weighted by molar-refractivity contribution is 0.0625. The minimum Gasteiger partial charge on any atom is -0.459 e. The molecule has 128 valence electrons. The van der Waals surface area contributed by atoms with Gasteiger partial charge in [-0.15, -0.1) is 11.3 Å². The molecule has 5 nitrogen and oxygen atoms in total. The zero-order valence-electron chi connectivity index (χ0n) is 14.2. The van der Waals surface area contributed by atoms with Gasteiger partial charge in [0.2, 0.25) is 0 Å². The average Bonchev–Trinajstić information content (AvgIpc) is 2.94. The van der Waals surface area contributed by atoms with Gasteiger partial charge in [0, 0.05) is 36.3 Å². The first kappa shape index (κ1) is 15.8. The van der Waals surface area contributed by atoms with E-state index in [9.17, 15) is 4.79 Å². The summed E-state index contributed by atoms with van der Waals surface area (Å²) in [5.41, 5.74) is 1.33. The number of piperidine rings is 1. The number of likely N-dealkylation sites (tertiary alicyclic amines) is 1. The predicted molar refractivity (Wildman–Crippen MR) is 93.0 cm³/mol. The van der Waals surface area contributed by atoms with Crippen LogP contribution in [0.5, 0.6) is 0 Å². The Bertz CT molecular complexity index is 716. The van der Waals surface area contributed by atoms with Gasteiger partial charge >= 0.3 is 0 Å². The Balaban J connectivity index is 1.34. The van der Waals surface area contributed by atoms with E-state index in [2.05, 4.69) is 16.9 Å². The molecule has 0 aromatic carbocycles. The Hall–Kier alpha value is -1.66. The van der Waals surface area contributed by atoms with Crippen molar-refractivity contribution in [1.29, 1.82) is 0 Å². The van der Waals surface area contributed by atoms with Crippen molar-refractivity contribution in [2.45, 2.75) is 38.8 Å². The van der Waals surface area contributed by atoms with Crippen molar-refractivity contribution in [2.24, 2.45) is 5.41 Å². The first-order chi connectivity index (χ1) is 11.6. The van der Waals surface area contributed by atoms with Crippen LogP contribution in [0.15, 0.2) is 28.3 Å². The summed E-state index contributed by atoms with van der Waals surface area (Å²) < 4.78 is 5.36. The minimum atomic E-state index is 0.0423. The summed E-state index contributed by atoms with van der Waals surface area (Å²) >= 11 is 1.72. The number of thiazole rings is 1. The van der Waals surface area contributed by atoms with Crippen LogP contribution in [0.3, 0.4) is 0 Å². The second-order valence-corrected chi connectivity index (χ2v) is 8.13. The normalized spacial score (nSPS) is 22.3. The van der Waals surface area contributed by atoms with Crippen molar-refractivity contribution in [1.82, 2.24) is 14.8 Å². The fourth-order valence-corrected chi connectivity index (χ4v) is 4.71. The minimum absolute atomic E-state index is 0.0423. The van der Waals surface area contributed by atoms with Crippen molar-refractivity contribution < 1.29 is 9.21 Å². The van der Waals surface area contributed by atoms with Crippen molar-refractivity contribution in [3.63, 3.8) is 0 Å². The van der Waals surface area contributed by atoms with Crippen LogP contribution < -0.4 is 0 Å². The number of carbonyl (C=O) groups is 1. The second-order valence-electron chi connectivity index (χ2n) is 7.15. The van der Waals surface area contributed by atoms with Crippen molar-refractivity contribution in [3.05, 3.63) is 40.2 Å². The smallest absolute Gasteiger partial charge is 0.289 e. The van der Waals surface area contributed by atoms with E-state index in [1.54, 1.807) is 17.6 Å². The number of hydrogen-bond donors (Lipinski definition) is 0. The Morgan fingerprint density at radius 3 is 2.92 bits per heavy atom. The molecule has 3 heterocycles. The topological polar surface area (TPSA) is 49.6 Å². The third-order valence-electron chi connectivity index (χ3n) is 5.65. The highest BCUT2D eigenvalue weighted by Gasteiger charge is 2.57. The molecule has 0 bridgehead atoms. The molecule has 2 aromatic rings. The third-order valence-corrected chi connectivity index (χ3v) is 6.41. The summed E-state index contributed by atoms with van der Waals surface area (Å²) in [4.78, 5) is 21.3. The van der Waals surface area contributed by atoms with Gasteiger partial charge in [0.05, 0.1) is 12.8 Å². The molecule has 1 aliphatic heterocycles. The average molecular weight is 345 g/mol. The van der Waals surface area contributed by atoms with Crippen molar-refractivity contribution >= 4 is 17.2 Å². The Morgan fingerprint density at radius 2 is 2.29 bits per heavy atom. The van der Waals surface area contributed by atoms with Gasteiger partial charge in [-0.25, -0.2) is 4.98 Å². The molecule has 0 radical (unpaired) electrons. The van der Waals surface area contributed by atoms with Crippen LogP contribution >= 0.6 is 11.3 Å². The quantitative estimate of drug-likeness (QED) is 0.854. The van der Waals surface area contributed by atoms with E-state index in [4.69, 9.17) is 4.42 Å². The Morgan fingerprint density at radius 1 is 1.50 bits per heavy atom. The van der Waals surface area contributed by atoms with Gasteiger partial charge < -0.3 is 9.32 Å². The lowest BCUT2D eigenvalue weighted by Crippen LogP contribution is -2.41. The molecule has 2 aliphatic rings. The van der Waals surface area contributed by atoms with E-state index in [0.717, 1.165) is 38.0 Å². The molecule has 0 unspecified atom stereocenters. The van der Waals surface area contributed by atoms with Crippen LogP contribution in [0.2, 0.25) is 0 Å². The van der Waals surface area contributed by atoms with E-state index in [1.165, 1.54) is 11.4 Å². The molecule has 24 heavy (non-hydrogen) atoms. The second kappa shape index (κ2) is 6.01. The molecule has 1 saturated heterocycles. The molecular formula is C18H23N3O2S. The SMILES string of the molecule is Cc1ccoc1C(=O)N1CCC2(CC1)C[C@@H]2N(C)Cc1nccs1. The van der Waals surface area contributed by atoms with Gasteiger partial charge in [-0.2, -0.15) is 0 Å². The maximum Gasteiger partial charge on any atom is 0.289 e. The lowest BCUT2D eigenvalue weighted by Gasteiger charge is -2.33. The summed E-state index contributed by atoms with van der Waals surface area (Å²) in [5, 5.41) is 3.22. The highest BCUT2D eigenvalue weighted by atomic mass is 32.1. The number of nitrogens with zero attached hydrogens (tertiary/aromatic N) is 3. The first-order valence-electron chi connectivity index (χ1n) is 8.51. The number of rotatable bonds is 4. The number of hydrogen-bond acceptors (Lipinski definition) is 5. The van der Waals surface area contributed by atoms with E-state index < -0.39 is 0 Å². The van der Waals surface area contributed by atoms with Crippen LogP contribution in [-0.4, -0.2) is 46.9 Å².